The Hall–Kier alpha value is -5.97. The number of carboxylic acids is 2. The smallest absolute Gasteiger partial charge is 0.355 e. The molecule has 3 N–H and O–H groups in total. The van der Waals surface area contributed by atoms with Crippen LogP contribution in [-0.2, 0) is 49.5 Å². The van der Waals surface area contributed by atoms with E-state index in [-0.39, 0.29) is 116 Å². The SMILES string of the molecule is CC[C@H](C)[C@H](CC(=O)[C@H]1CCCCN1C)C(=O)N(C)[C@H](C[C@@H](OC(C)=O)c1nc(C(=O)N[C@@H](Cc2ccccc2)C[C@H](C)C(=O)O)cs1)C(C)C.CC[C@H](C)[C@H](CC(=O)[C@H]1CCCCN1C)C(=O)N(C)[C@H](C[C@@H](OC(C)=O)c1nc(C(=O)O)cs1)C(C)C.[3HH].[3H][3H]. The Bertz CT molecular complexity index is 2790. The zero-order chi connectivity index (χ0) is 67.7. The minimum Gasteiger partial charge on any atom is -0.481 e. The van der Waals surface area contributed by atoms with E-state index < -0.39 is 65.8 Å². The number of carbonyl (C=O) groups excluding carboxylic acids is 7. The van der Waals surface area contributed by atoms with Gasteiger partial charge in [-0.2, -0.15) is 0 Å². The molecule has 3 amide bonds. The molecule has 5 rings (SSSR count). The number of aliphatic carboxylic acids is 1. The van der Waals surface area contributed by atoms with Crippen molar-refractivity contribution in [2.75, 3.05) is 41.3 Å². The fourth-order valence-electron chi connectivity index (χ4n) is 12.1. The molecule has 0 saturated carbocycles. The first-order valence-corrected chi connectivity index (χ1v) is 33.3. The maximum atomic E-state index is 14.2. The molecule has 2 aliphatic rings. The van der Waals surface area contributed by atoms with E-state index in [9.17, 15) is 53.4 Å². The highest BCUT2D eigenvalue weighted by Crippen LogP contribution is 2.35. The summed E-state index contributed by atoms with van der Waals surface area (Å²) in [7, 11) is 7.46. The monoisotopic (exact) mass is 1270 g/mol. The fraction of sp³-hybridized carbons (Fsp3) is 0.682. The molecule has 0 radical (unpaired) electrons. The zero-order valence-electron chi connectivity index (χ0n) is 56.8. The second-order valence-corrected chi connectivity index (χ2v) is 27.1. The number of ketones is 2. The lowest BCUT2D eigenvalue weighted by atomic mass is 9.83. The molecule has 0 unspecified atom stereocenters. The molecule has 2 fully saturated rings. The summed E-state index contributed by atoms with van der Waals surface area (Å²) in [4.78, 5) is 132. The second kappa shape index (κ2) is 36.0. The van der Waals surface area contributed by atoms with Crippen molar-refractivity contribution in [3.63, 3.8) is 0 Å². The van der Waals surface area contributed by atoms with Crippen molar-refractivity contribution < 1.29 is 67.2 Å². The van der Waals surface area contributed by atoms with Gasteiger partial charge in [-0.25, -0.2) is 14.8 Å². The maximum absolute atomic E-state index is 14.2. The summed E-state index contributed by atoms with van der Waals surface area (Å²) in [5, 5.41) is 25.6. The van der Waals surface area contributed by atoms with Gasteiger partial charge >= 0.3 is 23.9 Å². The number of piperidine rings is 2. The number of rotatable bonds is 32. The van der Waals surface area contributed by atoms with Crippen LogP contribution in [0.15, 0.2) is 41.1 Å². The van der Waals surface area contributed by atoms with Crippen LogP contribution in [0, 0.1) is 41.4 Å². The molecule has 2 aliphatic heterocycles. The molecule has 22 heteroatoms. The van der Waals surface area contributed by atoms with Gasteiger partial charge in [0.25, 0.3) is 5.91 Å². The van der Waals surface area contributed by atoms with Gasteiger partial charge in [0.1, 0.15) is 15.7 Å². The quantitative estimate of drug-likeness (QED) is 0.0491. The molecule has 494 valence electrons. The van der Waals surface area contributed by atoms with E-state index in [1.807, 2.05) is 99.8 Å². The lowest BCUT2D eigenvalue weighted by Crippen LogP contribution is -2.48. The third-order valence-electron chi connectivity index (χ3n) is 17.9. The molecule has 1 aromatic carbocycles. The summed E-state index contributed by atoms with van der Waals surface area (Å²) in [5.41, 5.74) is 1.00. The number of likely N-dealkylation sites (N-methyl/N-ethyl adjacent to an activating group) is 2. The predicted molar refractivity (Wildman–Crippen MR) is 345 cm³/mol. The first-order valence-electron chi connectivity index (χ1n) is 32.5. The zero-order valence-corrected chi connectivity index (χ0v) is 56.5. The molecular weight excluding hydrogens is 1160 g/mol. The van der Waals surface area contributed by atoms with Gasteiger partial charge < -0.3 is 34.8 Å². The van der Waals surface area contributed by atoms with Crippen molar-refractivity contribution in [3.05, 3.63) is 68.1 Å². The molecule has 88 heavy (non-hydrogen) atoms. The first-order chi connectivity index (χ1) is 42.5. The van der Waals surface area contributed by atoms with Crippen molar-refractivity contribution in [1.82, 2.24) is 34.9 Å². The van der Waals surface area contributed by atoms with Gasteiger partial charge in [0.05, 0.1) is 18.0 Å². The molecular formula is C66H105N7O13S2. The van der Waals surface area contributed by atoms with E-state index in [1.165, 1.54) is 30.6 Å². The molecule has 3 aromatic rings. The Morgan fingerprint density at radius 3 is 1.44 bits per heavy atom. The third-order valence-corrected chi connectivity index (χ3v) is 19.8. The van der Waals surface area contributed by atoms with Gasteiger partial charge in [0, 0.05) is 98.7 Å². The minimum absolute atomic E-state index is 0. The average molecular weight is 1270 g/mol. The Labute approximate surface area is 534 Å². The molecule has 0 aliphatic carbocycles. The minimum atomic E-state index is -1.15. The van der Waals surface area contributed by atoms with E-state index >= 15 is 0 Å². The number of carboxylic acid groups (broad SMARTS) is 2. The molecule has 12 atom stereocenters. The van der Waals surface area contributed by atoms with Crippen molar-refractivity contribution in [2.24, 2.45) is 41.4 Å². The van der Waals surface area contributed by atoms with Crippen molar-refractivity contribution in [1.29, 1.82) is 0 Å². The van der Waals surface area contributed by atoms with Crippen LogP contribution in [0.25, 0.3) is 0 Å². The van der Waals surface area contributed by atoms with Gasteiger partial charge in [-0.05, 0) is 94.9 Å². The van der Waals surface area contributed by atoms with Crippen molar-refractivity contribution in [2.45, 2.75) is 208 Å². The van der Waals surface area contributed by atoms with Gasteiger partial charge in [-0.3, -0.25) is 48.2 Å². The number of hydrogen-bond acceptors (Lipinski definition) is 17. The summed E-state index contributed by atoms with van der Waals surface area (Å²) in [5.74, 6) is -5.07. The van der Waals surface area contributed by atoms with Gasteiger partial charge in [0.15, 0.2) is 29.5 Å². The van der Waals surface area contributed by atoms with Gasteiger partial charge in [0.2, 0.25) is 11.8 Å². The lowest BCUT2D eigenvalue weighted by molar-refractivity contribution is -0.150. The number of Topliss-reactive ketones (excluding diaryl/α,β-unsaturated/α-hetero) is 2. The number of nitrogens with one attached hydrogen (secondary N) is 1. The number of benzene rings is 1. The maximum Gasteiger partial charge on any atom is 0.355 e. The van der Waals surface area contributed by atoms with Gasteiger partial charge in [-0.1, -0.05) is 118 Å². The van der Waals surface area contributed by atoms with E-state index in [0.717, 1.165) is 81.4 Å². The van der Waals surface area contributed by atoms with Gasteiger partial charge in [-0.15, -0.1) is 22.7 Å². The lowest BCUT2D eigenvalue weighted by Gasteiger charge is -2.37. The Kier molecular flexibility index (Phi) is 29.8. The normalized spacial score (nSPS) is 19.1. The van der Waals surface area contributed by atoms with Crippen LogP contribution in [0.3, 0.4) is 0 Å². The average Bonchev–Trinajstić information content (AvgIpc) is 1.90. The Balaban J connectivity index is 0.000000626. The molecule has 2 aromatic heterocycles. The van der Waals surface area contributed by atoms with Crippen LogP contribution < -0.4 is 5.32 Å². The summed E-state index contributed by atoms with van der Waals surface area (Å²) in [6.45, 7) is 22.1. The van der Waals surface area contributed by atoms with E-state index in [1.54, 1.807) is 36.2 Å². The molecule has 4 heterocycles. The number of thiazole rings is 2. The van der Waals surface area contributed by atoms with Crippen molar-refractivity contribution in [3.8, 4) is 0 Å². The number of aromatic carboxylic acids is 1. The van der Waals surface area contributed by atoms with E-state index in [4.69, 9.17) is 12.4 Å². The van der Waals surface area contributed by atoms with Crippen LogP contribution in [0.5, 0.6) is 0 Å². The highest BCUT2D eigenvalue weighted by atomic mass is 32.1. The van der Waals surface area contributed by atoms with Crippen LogP contribution in [0.4, 0.5) is 0 Å². The number of hydrogen-bond donors (Lipinski definition) is 3. The first kappa shape index (κ1) is 72.8. The second-order valence-electron chi connectivity index (χ2n) is 25.3. The summed E-state index contributed by atoms with van der Waals surface area (Å²) >= 11 is 2.31. The number of ether oxygens (including phenoxy) is 2. The van der Waals surface area contributed by atoms with Crippen molar-refractivity contribution >= 4 is 75.8 Å². The fourth-order valence-corrected chi connectivity index (χ4v) is 13.8. The third kappa shape index (κ3) is 22.2. The number of aromatic nitrogens is 2. The Morgan fingerprint density at radius 2 is 1.08 bits per heavy atom. The predicted octanol–water partition coefficient (Wildman–Crippen LogP) is 11.1. The standard InChI is InChI=1S/C39H58N4O7S.C27H43N3O6S.2H2/c1-9-25(4)30(21-34(45)32-17-13-14-18-42(32)7)38(47)43(8)33(24(2)3)22-35(50-27(6)44)37-41-31(23-51-37)36(46)40-29(19-26(5)39(48)49)20-28-15-11-10-12-16-28;1-8-17(4)19(13-23(32)21-11-9-10-12-29(21)6)26(33)30(7)22(16(2)3)14-24(36-18(5)31)25-28-20(15-37-25)27(34)35;;/h10-12,15-16,23-26,29-30,32-33,35H,9,13-14,17-22H2,1-8H3,(H,40,46)(H,48,49);15-17,19,21-22,24H,8-14H2,1-7H3,(H,34,35);2*1H/t25-,26-,29+,30-,32+,33+,35+;17-,19-,21+,22+,24+;;/m00../s1/i;;1+2T;1+2. The van der Waals surface area contributed by atoms with E-state index in [0.29, 0.717) is 16.4 Å². The number of likely N-dealkylation sites (tertiary alicyclic amines) is 2. The van der Waals surface area contributed by atoms with E-state index in [2.05, 4.69) is 25.1 Å². The molecule has 0 bridgehead atoms. The largest absolute Gasteiger partial charge is 0.481 e. The Morgan fingerprint density at radius 1 is 0.659 bits per heavy atom. The highest BCUT2D eigenvalue weighted by molar-refractivity contribution is 7.10. The van der Waals surface area contributed by atoms with Crippen LogP contribution >= 0.6 is 22.7 Å². The summed E-state index contributed by atoms with van der Waals surface area (Å²) in [6.07, 6.45) is 7.39. The van der Waals surface area contributed by atoms with Crippen LogP contribution in [0.1, 0.15) is 213 Å². The molecule has 20 nitrogen and oxygen atoms in total. The number of esters is 2. The van der Waals surface area contributed by atoms with Crippen LogP contribution in [0.2, 0.25) is 0 Å². The molecule has 0 spiro atoms. The number of nitrogens with zero attached hydrogens (tertiary/aromatic N) is 6. The summed E-state index contributed by atoms with van der Waals surface area (Å²) < 4.78 is 21.3. The number of amides is 3. The highest BCUT2D eigenvalue weighted by Gasteiger charge is 2.40. The topological polar surface area (TPSA) is 263 Å². The molecule has 2 saturated heterocycles. The number of carbonyl (C=O) groups is 9. The summed E-state index contributed by atoms with van der Waals surface area (Å²) in [6, 6.07) is 8.13. The van der Waals surface area contributed by atoms with Crippen LogP contribution in [-0.4, -0.2) is 164 Å².